The molecular weight excluding hydrogens is 234 g/mol. The third kappa shape index (κ3) is 3.33. The lowest BCUT2D eigenvalue weighted by molar-refractivity contribution is 0.163. The molecule has 0 saturated carbocycles. The van der Waals surface area contributed by atoms with Crippen LogP contribution in [0.5, 0.6) is 0 Å². The zero-order chi connectivity index (χ0) is 12.3. The molecule has 0 radical (unpaired) electrons. The summed E-state index contributed by atoms with van der Waals surface area (Å²) in [6, 6.07) is 3.58. The van der Waals surface area contributed by atoms with Gasteiger partial charge in [-0.1, -0.05) is 24.9 Å². The van der Waals surface area contributed by atoms with Crippen LogP contribution in [-0.4, -0.2) is 23.0 Å². The molecule has 2 rings (SSSR count). The van der Waals surface area contributed by atoms with Crippen molar-refractivity contribution in [3.05, 3.63) is 22.8 Å². The molecule has 1 unspecified atom stereocenters. The van der Waals surface area contributed by atoms with Gasteiger partial charge >= 0.3 is 0 Å². The van der Waals surface area contributed by atoms with Gasteiger partial charge in [0.15, 0.2) is 0 Å². The first-order chi connectivity index (χ1) is 8.19. The lowest BCUT2D eigenvalue weighted by Crippen LogP contribution is -2.35. The topological polar surface area (TPSA) is 42.2 Å². The molecule has 0 spiro atoms. The van der Waals surface area contributed by atoms with Crippen LogP contribution in [0.1, 0.15) is 31.9 Å². The highest BCUT2D eigenvalue weighted by molar-refractivity contribution is 6.31. The first-order valence-corrected chi connectivity index (χ1v) is 6.70. The van der Waals surface area contributed by atoms with Crippen molar-refractivity contribution in [1.29, 1.82) is 0 Å². The van der Waals surface area contributed by atoms with Crippen molar-refractivity contribution in [2.75, 3.05) is 18.8 Å². The highest BCUT2D eigenvalue weighted by Gasteiger charge is 2.19. The number of rotatable bonds is 3. The summed E-state index contributed by atoms with van der Waals surface area (Å²) >= 11 is 6.14. The summed E-state index contributed by atoms with van der Waals surface area (Å²) in [6.07, 6.45) is 3.89. The molecule has 1 aliphatic heterocycles. The molecule has 1 fully saturated rings. The van der Waals surface area contributed by atoms with Crippen LogP contribution in [0.15, 0.2) is 12.1 Å². The van der Waals surface area contributed by atoms with E-state index < -0.39 is 0 Å². The van der Waals surface area contributed by atoms with Gasteiger partial charge in [0.25, 0.3) is 0 Å². The summed E-state index contributed by atoms with van der Waals surface area (Å²) in [4.78, 5) is 6.76. The maximum Gasteiger partial charge on any atom is 0.123 e. The van der Waals surface area contributed by atoms with Crippen molar-refractivity contribution < 1.29 is 0 Å². The van der Waals surface area contributed by atoms with Crippen LogP contribution in [0.25, 0.3) is 0 Å². The molecule has 1 aromatic rings. The van der Waals surface area contributed by atoms with Crippen LogP contribution in [0.2, 0.25) is 5.02 Å². The van der Waals surface area contributed by atoms with Crippen molar-refractivity contribution in [2.45, 2.75) is 32.7 Å². The molecule has 94 valence electrons. The second-order valence-electron chi connectivity index (χ2n) is 4.82. The average molecular weight is 254 g/mol. The third-order valence-corrected chi connectivity index (χ3v) is 3.84. The molecule has 17 heavy (non-hydrogen) atoms. The van der Waals surface area contributed by atoms with Crippen LogP contribution < -0.4 is 5.73 Å². The van der Waals surface area contributed by atoms with E-state index in [0.29, 0.717) is 5.82 Å². The number of nitrogen functional groups attached to an aromatic ring is 1. The van der Waals surface area contributed by atoms with E-state index in [2.05, 4.69) is 16.8 Å². The van der Waals surface area contributed by atoms with Crippen LogP contribution in [0.3, 0.4) is 0 Å². The minimum atomic E-state index is 0.549. The summed E-state index contributed by atoms with van der Waals surface area (Å²) in [7, 11) is 0. The van der Waals surface area contributed by atoms with Gasteiger partial charge in [0.05, 0.1) is 10.7 Å². The van der Waals surface area contributed by atoms with E-state index in [-0.39, 0.29) is 0 Å². The number of aromatic nitrogens is 1. The Morgan fingerprint density at radius 1 is 1.53 bits per heavy atom. The molecule has 0 aromatic carbocycles. The lowest BCUT2D eigenvalue weighted by Gasteiger charge is -2.32. The molecule has 0 amide bonds. The van der Waals surface area contributed by atoms with E-state index in [9.17, 15) is 0 Å². The summed E-state index contributed by atoms with van der Waals surface area (Å²) in [6.45, 7) is 5.38. The predicted octanol–water partition coefficient (Wildman–Crippen LogP) is 2.94. The Hall–Kier alpha value is -0.800. The van der Waals surface area contributed by atoms with Gasteiger partial charge in [-0.15, -0.1) is 0 Å². The van der Waals surface area contributed by atoms with E-state index >= 15 is 0 Å². The maximum atomic E-state index is 6.14. The Morgan fingerprint density at radius 2 is 2.35 bits per heavy atom. The zero-order valence-corrected chi connectivity index (χ0v) is 11.1. The van der Waals surface area contributed by atoms with Gasteiger partial charge < -0.3 is 5.73 Å². The number of likely N-dealkylation sites (tertiary alicyclic amines) is 1. The highest BCUT2D eigenvalue weighted by atomic mass is 35.5. The van der Waals surface area contributed by atoms with E-state index in [1.54, 1.807) is 6.07 Å². The molecule has 1 atom stereocenters. The van der Waals surface area contributed by atoms with Crippen molar-refractivity contribution >= 4 is 17.4 Å². The fourth-order valence-electron chi connectivity index (χ4n) is 2.45. The SMILES string of the molecule is CCC1CCCN(Cc2nc(N)ccc2Cl)C1. The quantitative estimate of drug-likeness (QED) is 0.901. The van der Waals surface area contributed by atoms with Gasteiger partial charge in [-0.25, -0.2) is 4.98 Å². The van der Waals surface area contributed by atoms with Gasteiger partial charge in [-0.3, -0.25) is 4.90 Å². The van der Waals surface area contributed by atoms with Crippen molar-refractivity contribution in [1.82, 2.24) is 9.88 Å². The van der Waals surface area contributed by atoms with Crippen LogP contribution >= 0.6 is 11.6 Å². The van der Waals surface area contributed by atoms with Gasteiger partial charge in [0.1, 0.15) is 5.82 Å². The van der Waals surface area contributed by atoms with Gasteiger partial charge in [0.2, 0.25) is 0 Å². The molecule has 0 bridgehead atoms. The van der Waals surface area contributed by atoms with E-state index in [0.717, 1.165) is 36.3 Å². The van der Waals surface area contributed by atoms with Crippen LogP contribution in [-0.2, 0) is 6.54 Å². The smallest absolute Gasteiger partial charge is 0.123 e. The number of anilines is 1. The fourth-order valence-corrected chi connectivity index (χ4v) is 2.62. The first kappa shape index (κ1) is 12.7. The van der Waals surface area contributed by atoms with Crippen molar-refractivity contribution in [3.8, 4) is 0 Å². The largest absolute Gasteiger partial charge is 0.384 e. The molecule has 2 N–H and O–H groups in total. The monoisotopic (exact) mass is 253 g/mol. The van der Waals surface area contributed by atoms with Crippen molar-refractivity contribution in [3.63, 3.8) is 0 Å². The molecule has 3 nitrogen and oxygen atoms in total. The Balaban J connectivity index is 2.02. The van der Waals surface area contributed by atoms with Gasteiger partial charge in [-0.05, 0) is 37.4 Å². The minimum Gasteiger partial charge on any atom is -0.384 e. The lowest BCUT2D eigenvalue weighted by atomic mass is 9.95. The Labute approximate surface area is 108 Å². The zero-order valence-electron chi connectivity index (χ0n) is 10.3. The molecule has 1 aromatic heterocycles. The number of piperidine rings is 1. The standard InChI is InChI=1S/C13H20ClN3/c1-2-10-4-3-7-17(8-10)9-12-11(14)5-6-13(15)16-12/h5-6,10H,2-4,7-9H2,1H3,(H2,15,16). The van der Waals surface area contributed by atoms with Crippen LogP contribution in [0.4, 0.5) is 5.82 Å². The number of hydrogen-bond acceptors (Lipinski definition) is 3. The third-order valence-electron chi connectivity index (χ3n) is 3.49. The Kier molecular flexibility index (Phi) is 4.24. The number of nitrogens with zero attached hydrogens (tertiary/aromatic N) is 2. The summed E-state index contributed by atoms with van der Waals surface area (Å²) in [5.41, 5.74) is 6.60. The number of hydrogen-bond donors (Lipinski definition) is 1. The minimum absolute atomic E-state index is 0.549. The molecule has 1 aliphatic rings. The van der Waals surface area contributed by atoms with Gasteiger partial charge in [0, 0.05) is 13.1 Å². The maximum absolute atomic E-state index is 6.14. The van der Waals surface area contributed by atoms with E-state index in [4.69, 9.17) is 17.3 Å². The summed E-state index contributed by atoms with van der Waals surface area (Å²) < 4.78 is 0. The summed E-state index contributed by atoms with van der Waals surface area (Å²) in [5.74, 6) is 1.37. The molecule has 4 heteroatoms. The van der Waals surface area contributed by atoms with E-state index in [1.807, 2.05) is 6.07 Å². The van der Waals surface area contributed by atoms with Crippen molar-refractivity contribution in [2.24, 2.45) is 5.92 Å². The second-order valence-corrected chi connectivity index (χ2v) is 5.22. The molecular formula is C13H20ClN3. The van der Waals surface area contributed by atoms with Crippen LogP contribution in [0, 0.1) is 5.92 Å². The second kappa shape index (κ2) is 5.69. The predicted molar refractivity (Wildman–Crippen MR) is 72.0 cm³/mol. The number of halogens is 1. The summed E-state index contributed by atoms with van der Waals surface area (Å²) in [5, 5.41) is 0.720. The molecule has 2 heterocycles. The van der Waals surface area contributed by atoms with Gasteiger partial charge in [-0.2, -0.15) is 0 Å². The average Bonchev–Trinajstić information content (AvgIpc) is 2.34. The number of pyridine rings is 1. The first-order valence-electron chi connectivity index (χ1n) is 6.32. The fraction of sp³-hybridized carbons (Fsp3) is 0.615. The normalized spacial score (nSPS) is 21.6. The number of nitrogens with two attached hydrogens (primary N) is 1. The molecule has 0 aliphatic carbocycles. The van der Waals surface area contributed by atoms with E-state index in [1.165, 1.54) is 19.3 Å². The Bertz CT molecular complexity index is 381. The molecule has 1 saturated heterocycles. The highest BCUT2D eigenvalue weighted by Crippen LogP contribution is 2.23. The Morgan fingerprint density at radius 3 is 3.12 bits per heavy atom.